The number of benzene rings is 1. The summed E-state index contributed by atoms with van der Waals surface area (Å²) in [5.74, 6) is -0.328. The molecule has 1 N–H and O–H groups in total. The summed E-state index contributed by atoms with van der Waals surface area (Å²) in [5.41, 5.74) is 0.812. The number of hydrogen-bond donors (Lipinski definition) is 1. The van der Waals surface area contributed by atoms with E-state index in [0.717, 1.165) is 41.6 Å². The van der Waals surface area contributed by atoms with Crippen LogP contribution in [0.1, 0.15) is 30.9 Å². The monoisotopic (exact) mass is 370 g/mol. The number of nitrogens with zero attached hydrogens (tertiary/aromatic N) is 4. The molecule has 0 spiro atoms. The van der Waals surface area contributed by atoms with Crippen LogP contribution in [0.5, 0.6) is 5.88 Å². The van der Waals surface area contributed by atoms with Crippen molar-refractivity contribution >= 4 is 5.71 Å². The molecule has 1 aliphatic heterocycles. The first-order chi connectivity index (χ1) is 12.9. The second-order valence-electron chi connectivity index (χ2n) is 7.11. The fourth-order valence-electron chi connectivity index (χ4n) is 3.54. The summed E-state index contributed by atoms with van der Waals surface area (Å²) in [4.78, 5) is 31.4. The van der Waals surface area contributed by atoms with Gasteiger partial charge in [0.1, 0.15) is 5.56 Å². The Balaban J connectivity index is 1.72. The van der Waals surface area contributed by atoms with E-state index in [2.05, 4.69) is 34.2 Å². The van der Waals surface area contributed by atoms with E-state index < -0.39 is 11.2 Å². The van der Waals surface area contributed by atoms with Gasteiger partial charge in [0.05, 0.1) is 11.8 Å². The molecule has 1 aliphatic rings. The highest BCUT2D eigenvalue weighted by molar-refractivity contribution is 6.00. The zero-order valence-corrected chi connectivity index (χ0v) is 16.1. The molecule has 0 saturated carbocycles. The minimum absolute atomic E-state index is 0.103. The molecule has 7 nitrogen and oxygen atoms in total. The van der Waals surface area contributed by atoms with Crippen molar-refractivity contribution in [2.45, 2.75) is 32.4 Å². The van der Waals surface area contributed by atoms with Gasteiger partial charge in [-0.1, -0.05) is 30.3 Å². The number of aromatic hydroxyl groups is 1. The van der Waals surface area contributed by atoms with Gasteiger partial charge in [-0.25, -0.2) is 4.79 Å². The number of likely N-dealkylation sites (tertiary alicyclic amines) is 1. The van der Waals surface area contributed by atoms with E-state index in [-0.39, 0.29) is 17.5 Å². The Hall–Kier alpha value is -2.67. The van der Waals surface area contributed by atoms with Crippen LogP contribution in [-0.2, 0) is 20.6 Å². The van der Waals surface area contributed by atoms with Gasteiger partial charge in [0.15, 0.2) is 0 Å². The number of hydrogen-bond acceptors (Lipinski definition) is 5. The summed E-state index contributed by atoms with van der Waals surface area (Å²) >= 11 is 0. The largest absolute Gasteiger partial charge is 0.494 e. The molecule has 2 heterocycles. The summed E-state index contributed by atoms with van der Waals surface area (Å²) in [6.07, 6.45) is 1.80. The normalized spacial score (nSPS) is 16.6. The molecule has 2 aromatic rings. The van der Waals surface area contributed by atoms with Gasteiger partial charge in [-0.05, 0) is 25.3 Å². The van der Waals surface area contributed by atoms with E-state index >= 15 is 0 Å². The highest BCUT2D eigenvalue weighted by Crippen LogP contribution is 2.18. The average Bonchev–Trinajstić information content (AvgIpc) is 2.67. The van der Waals surface area contributed by atoms with Crippen LogP contribution in [0.3, 0.4) is 0 Å². The standard InChI is InChI=1S/C20H26N4O3/c1-14(17-18(25)22(2)20(27)23(3)19(17)26)21-16-9-11-24(12-10-16)13-15-7-5-4-6-8-15/h4-8,16,25H,9-13H2,1-3H3. The maximum atomic E-state index is 12.4. The second kappa shape index (κ2) is 7.92. The number of piperidine rings is 1. The molecular formula is C20H26N4O3. The lowest BCUT2D eigenvalue weighted by Gasteiger charge is -2.30. The highest BCUT2D eigenvalue weighted by atomic mass is 16.3. The highest BCUT2D eigenvalue weighted by Gasteiger charge is 2.21. The number of rotatable bonds is 4. The van der Waals surface area contributed by atoms with Crippen molar-refractivity contribution in [3.8, 4) is 5.88 Å². The van der Waals surface area contributed by atoms with Crippen LogP contribution in [0.2, 0.25) is 0 Å². The van der Waals surface area contributed by atoms with Crippen LogP contribution in [0.25, 0.3) is 0 Å². The van der Waals surface area contributed by atoms with Gasteiger partial charge < -0.3 is 5.11 Å². The quantitative estimate of drug-likeness (QED) is 0.822. The number of aromatic nitrogens is 2. The minimum Gasteiger partial charge on any atom is -0.494 e. The van der Waals surface area contributed by atoms with E-state index in [1.54, 1.807) is 6.92 Å². The van der Waals surface area contributed by atoms with Crippen molar-refractivity contribution in [3.63, 3.8) is 0 Å². The van der Waals surface area contributed by atoms with Crippen molar-refractivity contribution in [3.05, 3.63) is 62.3 Å². The lowest BCUT2D eigenvalue weighted by molar-refractivity contribution is 0.206. The molecule has 0 aliphatic carbocycles. The molecule has 27 heavy (non-hydrogen) atoms. The summed E-state index contributed by atoms with van der Waals surface area (Å²) in [7, 11) is 2.85. The van der Waals surface area contributed by atoms with Gasteiger partial charge >= 0.3 is 5.69 Å². The van der Waals surface area contributed by atoms with Crippen molar-refractivity contribution in [1.82, 2.24) is 14.0 Å². The van der Waals surface area contributed by atoms with Crippen LogP contribution in [0.15, 0.2) is 44.9 Å². The maximum absolute atomic E-state index is 12.4. The molecular weight excluding hydrogens is 344 g/mol. The third-order valence-electron chi connectivity index (χ3n) is 5.18. The molecule has 1 aromatic heterocycles. The van der Waals surface area contributed by atoms with Crippen molar-refractivity contribution in [2.24, 2.45) is 19.1 Å². The summed E-state index contributed by atoms with van der Waals surface area (Å²) in [5, 5.41) is 10.3. The van der Waals surface area contributed by atoms with Crippen LogP contribution in [-0.4, -0.2) is 44.0 Å². The van der Waals surface area contributed by atoms with E-state index in [1.165, 1.54) is 19.7 Å². The van der Waals surface area contributed by atoms with Crippen molar-refractivity contribution in [1.29, 1.82) is 0 Å². The topological polar surface area (TPSA) is 79.8 Å². The Kier molecular flexibility index (Phi) is 5.60. The predicted octanol–water partition coefficient (Wildman–Crippen LogP) is 1.26. The molecule has 0 atom stereocenters. The minimum atomic E-state index is -0.553. The van der Waals surface area contributed by atoms with Gasteiger partial charge in [0.2, 0.25) is 5.88 Å². The summed E-state index contributed by atoms with van der Waals surface area (Å²) < 4.78 is 2.06. The van der Waals surface area contributed by atoms with Crippen LogP contribution in [0, 0.1) is 0 Å². The first kappa shape index (κ1) is 19.1. The van der Waals surface area contributed by atoms with Gasteiger partial charge in [-0.2, -0.15) is 0 Å². The molecule has 1 aromatic carbocycles. The average molecular weight is 370 g/mol. The zero-order valence-electron chi connectivity index (χ0n) is 16.1. The van der Waals surface area contributed by atoms with Crippen LogP contribution in [0.4, 0.5) is 0 Å². The molecule has 1 fully saturated rings. The first-order valence-electron chi connectivity index (χ1n) is 9.18. The van der Waals surface area contributed by atoms with Crippen LogP contribution >= 0.6 is 0 Å². The Bertz CT molecular complexity index is 952. The third-order valence-corrected chi connectivity index (χ3v) is 5.18. The Labute approximate surface area is 158 Å². The fourth-order valence-corrected chi connectivity index (χ4v) is 3.54. The molecule has 144 valence electrons. The predicted molar refractivity (Wildman–Crippen MR) is 106 cm³/mol. The van der Waals surface area contributed by atoms with E-state index in [4.69, 9.17) is 0 Å². The Morgan fingerprint density at radius 1 is 1.11 bits per heavy atom. The Morgan fingerprint density at radius 3 is 2.37 bits per heavy atom. The molecule has 0 bridgehead atoms. The molecule has 0 radical (unpaired) electrons. The summed E-state index contributed by atoms with van der Waals surface area (Å²) in [6, 6.07) is 10.5. The lowest BCUT2D eigenvalue weighted by atomic mass is 10.0. The lowest BCUT2D eigenvalue weighted by Crippen LogP contribution is -2.40. The summed E-state index contributed by atoms with van der Waals surface area (Å²) in [6.45, 7) is 4.52. The second-order valence-corrected chi connectivity index (χ2v) is 7.11. The van der Waals surface area contributed by atoms with Gasteiger partial charge in [0, 0.05) is 33.7 Å². The molecule has 1 saturated heterocycles. The first-order valence-corrected chi connectivity index (χ1v) is 9.18. The number of aliphatic imine (C=N–C) groups is 1. The zero-order chi connectivity index (χ0) is 19.6. The Morgan fingerprint density at radius 2 is 1.74 bits per heavy atom. The molecule has 7 heteroatoms. The smallest absolute Gasteiger partial charge is 0.333 e. The van der Waals surface area contributed by atoms with Crippen molar-refractivity contribution < 1.29 is 5.11 Å². The van der Waals surface area contributed by atoms with Gasteiger partial charge in [-0.3, -0.25) is 23.8 Å². The molecule has 0 amide bonds. The van der Waals surface area contributed by atoms with Crippen molar-refractivity contribution in [2.75, 3.05) is 13.1 Å². The SMILES string of the molecule is CC(=NC1CCN(Cc2ccccc2)CC1)c1c(O)n(C)c(=O)n(C)c1=O. The molecule has 3 rings (SSSR count). The maximum Gasteiger partial charge on any atom is 0.333 e. The van der Waals surface area contributed by atoms with E-state index in [0.29, 0.717) is 5.71 Å². The van der Waals surface area contributed by atoms with E-state index in [9.17, 15) is 14.7 Å². The van der Waals surface area contributed by atoms with Crippen LogP contribution < -0.4 is 11.2 Å². The van der Waals surface area contributed by atoms with Gasteiger partial charge in [0.25, 0.3) is 5.56 Å². The third kappa shape index (κ3) is 4.03. The van der Waals surface area contributed by atoms with E-state index in [1.807, 2.05) is 6.07 Å². The fraction of sp³-hybridized carbons (Fsp3) is 0.450. The van der Waals surface area contributed by atoms with Gasteiger partial charge in [-0.15, -0.1) is 0 Å². The molecule has 0 unspecified atom stereocenters.